The molecule has 19 heavy (non-hydrogen) atoms. The molecule has 0 aromatic heterocycles. The first kappa shape index (κ1) is 14.8. The Balaban J connectivity index is 1.80. The number of carboxylic acid groups (broad SMARTS) is 1. The molecule has 0 amide bonds. The smallest absolute Gasteiger partial charge is 0.306 e. The lowest BCUT2D eigenvalue weighted by atomic mass is 9.89. The van der Waals surface area contributed by atoms with Crippen LogP contribution in [-0.2, 0) is 9.53 Å². The van der Waals surface area contributed by atoms with Crippen molar-refractivity contribution >= 4 is 5.97 Å². The van der Waals surface area contributed by atoms with E-state index in [4.69, 9.17) is 4.74 Å². The summed E-state index contributed by atoms with van der Waals surface area (Å²) in [5.74, 6) is -0.437. The summed E-state index contributed by atoms with van der Waals surface area (Å²) in [5, 5.41) is 12.8. The molecule has 1 saturated heterocycles. The molecule has 2 rings (SSSR count). The zero-order valence-corrected chi connectivity index (χ0v) is 12.2. The molecule has 0 aromatic rings. The molecular formula is C15H27NO3. The Morgan fingerprint density at radius 3 is 2.89 bits per heavy atom. The number of carbonyl (C=O) groups is 1. The van der Waals surface area contributed by atoms with E-state index in [1.165, 1.54) is 0 Å². The number of carboxylic acids is 1. The van der Waals surface area contributed by atoms with Gasteiger partial charge in [-0.1, -0.05) is 13.3 Å². The van der Waals surface area contributed by atoms with Crippen molar-refractivity contribution in [3.63, 3.8) is 0 Å². The average Bonchev–Trinajstić information content (AvgIpc) is 2.85. The maximum absolute atomic E-state index is 11.2. The Labute approximate surface area is 115 Å². The van der Waals surface area contributed by atoms with Gasteiger partial charge in [0.1, 0.15) is 0 Å². The van der Waals surface area contributed by atoms with Gasteiger partial charge in [-0.3, -0.25) is 4.79 Å². The summed E-state index contributed by atoms with van der Waals surface area (Å²) in [6.45, 7) is 6.01. The first-order valence-corrected chi connectivity index (χ1v) is 7.64. The van der Waals surface area contributed by atoms with E-state index in [1.54, 1.807) is 0 Å². The third-order valence-corrected chi connectivity index (χ3v) is 4.99. The normalized spacial score (nSPS) is 39.4. The minimum absolute atomic E-state index is 0.00219. The second-order valence-corrected chi connectivity index (χ2v) is 6.39. The molecule has 0 spiro atoms. The minimum Gasteiger partial charge on any atom is -0.481 e. The van der Waals surface area contributed by atoms with Gasteiger partial charge in [0.15, 0.2) is 0 Å². The van der Waals surface area contributed by atoms with Crippen LogP contribution in [0.1, 0.15) is 52.4 Å². The highest BCUT2D eigenvalue weighted by atomic mass is 16.5. The zero-order valence-electron chi connectivity index (χ0n) is 12.2. The van der Waals surface area contributed by atoms with Gasteiger partial charge in [0, 0.05) is 12.6 Å². The lowest BCUT2D eigenvalue weighted by Gasteiger charge is -2.38. The number of aliphatic carboxylic acids is 1. The summed E-state index contributed by atoms with van der Waals surface area (Å²) < 4.78 is 5.84. The van der Waals surface area contributed by atoms with E-state index < -0.39 is 5.97 Å². The molecule has 2 N–H and O–H groups in total. The Morgan fingerprint density at radius 2 is 2.21 bits per heavy atom. The van der Waals surface area contributed by atoms with Crippen molar-refractivity contribution in [3.8, 4) is 0 Å². The van der Waals surface area contributed by atoms with Crippen LogP contribution in [0.2, 0.25) is 0 Å². The highest BCUT2D eigenvalue weighted by molar-refractivity contribution is 5.70. The fourth-order valence-electron chi connectivity index (χ4n) is 3.47. The summed E-state index contributed by atoms with van der Waals surface area (Å²) in [5.41, 5.74) is -0.00219. The monoisotopic (exact) mass is 269 g/mol. The SMILES string of the molecule is CCC1(C)CC(NCC2CCCC2C(=O)O)CCO1. The Hall–Kier alpha value is -0.610. The molecule has 0 bridgehead atoms. The molecule has 0 aromatic carbocycles. The Kier molecular flexibility index (Phi) is 4.85. The topological polar surface area (TPSA) is 58.6 Å². The lowest BCUT2D eigenvalue weighted by Crippen LogP contribution is -2.46. The molecule has 110 valence electrons. The van der Waals surface area contributed by atoms with Crippen molar-refractivity contribution in [2.75, 3.05) is 13.2 Å². The van der Waals surface area contributed by atoms with Crippen molar-refractivity contribution in [2.24, 2.45) is 11.8 Å². The van der Waals surface area contributed by atoms with E-state index >= 15 is 0 Å². The van der Waals surface area contributed by atoms with Crippen LogP contribution in [0.25, 0.3) is 0 Å². The van der Waals surface area contributed by atoms with Gasteiger partial charge in [-0.25, -0.2) is 0 Å². The summed E-state index contributed by atoms with van der Waals surface area (Å²) in [4.78, 5) is 11.2. The largest absolute Gasteiger partial charge is 0.481 e. The van der Waals surface area contributed by atoms with Crippen molar-refractivity contribution < 1.29 is 14.6 Å². The summed E-state index contributed by atoms with van der Waals surface area (Å²) in [6.07, 6.45) is 6.07. The Morgan fingerprint density at radius 1 is 1.42 bits per heavy atom. The number of rotatable bonds is 5. The zero-order chi connectivity index (χ0) is 13.9. The predicted molar refractivity (Wildman–Crippen MR) is 74.1 cm³/mol. The van der Waals surface area contributed by atoms with Crippen molar-refractivity contribution in [3.05, 3.63) is 0 Å². The van der Waals surface area contributed by atoms with Crippen LogP contribution in [0.3, 0.4) is 0 Å². The molecule has 2 fully saturated rings. The van der Waals surface area contributed by atoms with Crippen LogP contribution < -0.4 is 5.32 Å². The molecule has 1 saturated carbocycles. The molecule has 4 atom stereocenters. The van der Waals surface area contributed by atoms with Crippen molar-refractivity contribution in [1.29, 1.82) is 0 Å². The fourth-order valence-corrected chi connectivity index (χ4v) is 3.47. The molecule has 1 aliphatic heterocycles. The van der Waals surface area contributed by atoms with Crippen molar-refractivity contribution in [1.82, 2.24) is 5.32 Å². The molecule has 4 heteroatoms. The van der Waals surface area contributed by atoms with Gasteiger partial charge in [-0.05, 0) is 51.5 Å². The maximum atomic E-state index is 11.2. The molecule has 1 heterocycles. The Bertz CT molecular complexity index is 321. The van der Waals surface area contributed by atoms with Crippen LogP contribution in [0, 0.1) is 11.8 Å². The van der Waals surface area contributed by atoms with E-state index in [0.29, 0.717) is 12.0 Å². The summed E-state index contributed by atoms with van der Waals surface area (Å²) in [6, 6.07) is 0.480. The summed E-state index contributed by atoms with van der Waals surface area (Å²) in [7, 11) is 0. The molecule has 2 aliphatic rings. The highest BCUT2D eigenvalue weighted by Crippen LogP contribution is 2.32. The van der Waals surface area contributed by atoms with E-state index in [1.807, 2.05) is 0 Å². The van der Waals surface area contributed by atoms with Crippen molar-refractivity contribution in [2.45, 2.75) is 64.0 Å². The molecular weight excluding hydrogens is 242 g/mol. The third kappa shape index (κ3) is 3.69. The second kappa shape index (κ2) is 6.23. The quantitative estimate of drug-likeness (QED) is 0.805. The van der Waals surface area contributed by atoms with E-state index in [2.05, 4.69) is 19.2 Å². The molecule has 4 unspecified atom stereocenters. The molecule has 1 aliphatic carbocycles. The van der Waals surface area contributed by atoms with Crippen LogP contribution in [0.5, 0.6) is 0 Å². The van der Waals surface area contributed by atoms with Crippen LogP contribution in [-0.4, -0.2) is 35.9 Å². The third-order valence-electron chi connectivity index (χ3n) is 4.99. The van der Waals surface area contributed by atoms with Crippen LogP contribution in [0.4, 0.5) is 0 Å². The minimum atomic E-state index is -0.616. The standard InChI is InChI=1S/C15H27NO3/c1-3-15(2)9-12(7-8-19-15)16-10-11-5-4-6-13(11)14(17)18/h11-13,16H,3-10H2,1-2H3,(H,17,18). The van der Waals surface area contributed by atoms with E-state index in [-0.39, 0.29) is 11.5 Å². The fraction of sp³-hybridized carbons (Fsp3) is 0.933. The van der Waals surface area contributed by atoms with Gasteiger partial charge in [0.05, 0.1) is 11.5 Å². The van der Waals surface area contributed by atoms with Gasteiger partial charge in [0.2, 0.25) is 0 Å². The van der Waals surface area contributed by atoms with Gasteiger partial charge < -0.3 is 15.2 Å². The number of hydrogen-bond donors (Lipinski definition) is 2. The van der Waals surface area contributed by atoms with Gasteiger partial charge in [-0.2, -0.15) is 0 Å². The first-order valence-electron chi connectivity index (χ1n) is 7.64. The lowest BCUT2D eigenvalue weighted by molar-refractivity contribution is -0.143. The highest BCUT2D eigenvalue weighted by Gasteiger charge is 2.35. The average molecular weight is 269 g/mol. The molecule has 0 radical (unpaired) electrons. The maximum Gasteiger partial charge on any atom is 0.306 e. The first-order chi connectivity index (χ1) is 9.04. The molecule has 4 nitrogen and oxygen atoms in total. The number of hydrogen-bond acceptors (Lipinski definition) is 3. The van der Waals surface area contributed by atoms with Crippen LogP contribution >= 0.6 is 0 Å². The number of ether oxygens (including phenoxy) is 1. The number of nitrogens with one attached hydrogen (secondary N) is 1. The van der Waals surface area contributed by atoms with E-state index in [9.17, 15) is 9.90 Å². The second-order valence-electron chi connectivity index (χ2n) is 6.39. The predicted octanol–water partition coefficient (Wildman–Crippen LogP) is 2.42. The van der Waals surface area contributed by atoms with Gasteiger partial charge in [-0.15, -0.1) is 0 Å². The van der Waals surface area contributed by atoms with Crippen LogP contribution in [0.15, 0.2) is 0 Å². The van der Waals surface area contributed by atoms with E-state index in [0.717, 1.165) is 51.7 Å². The van der Waals surface area contributed by atoms with Gasteiger partial charge in [0.25, 0.3) is 0 Å². The van der Waals surface area contributed by atoms with Gasteiger partial charge >= 0.3 is 5.97 Å². The summed E-state index contributed by atoms with van der Waals surface area (Å²) >= 11 is 0.